The zero-order valence-electron chi connectivity index (χ0n) is 16.1. The Kier molecular flexibility index (Phi) is 7.24. The molecule has 0 saturated carbocycles. The van der Waals surface area contributed by atoms with Crippen molar-refractivity contribution in [1.29, 1.82) is 0 Å². The molecule has 3 N–H and O–H groups in total. The van der Waals surface area contributed by atoms with Crippen LogP contribution in [0.15, 0.2) is 41.8 Å². The van der Waals surface area contributed by atoms with Gasteiger partial charge in [0.05, 0.1) is 11.4 Å². The van der Waals surface area contributed by atoms with Crippen molar-refractivity contribution in [2.75, 3.05) is 4.90 Å². The lowest BCUT2D eigenvalue weighted by Crippen LogP contribution is -2.51. The first kappa shape index (κ1) is 21.5. The highest BCUT2D eigenvalue weighted by Crippen LogP contribution is 2.28. The fourth-order valence-electron chi connectivity index (χ4n) is 2.15. The summed E-state index contributed by atoms with van der Waals surface area (Å²) in [5.74, 6) is -0.517. The Hall–Kier alpha value is -2.78. The molecule has 2 amide bonds. The monoisotopic (exact) mass is 417 g/mol. The van der Waals surface area contributed by atoms with Gasteiger partial charge in [-0.3, -0.25) is 25.3 Å². The lowest BCUT2D eigenvalue weighted by molar-refractivity contribution is -0.117. The van der Waals surface area contributed by atoms with Crippen LogP contribution in [0.4, 0.5) is 10.8 Å². The Morgan fingerprint density at radius 1 is 1.18 bits per heavy atom. The summed E-state index contributed by atoms with van der Waals surface area (Å²) in [6.45, 7) is 7.37. The van der Waals surface area contributed by atoms with Crippen LogP contribution < -0.4 is 21.1 Å². The third-order valence-corrected chi connectivity index (χ3v) is 4.27. The van der Waals surface area contributed by atoms with Crippen LogP contribution in [0.3, 0.4) is 0 Å². The van der Waals surface area contributed by atoms with Crippen LogP contribution in [-0.2, 0) is 9.59 Å². The number of nitrogens with zero attached hydrogens (tertiary/aromatic N) is 2. The second-order valence-corrected chi connectivity index (χ2v) is 8.14. The largest absolute Gasteiger partial charge is 0.357 e. The predicted octanol–water partition coefficient (Wildman–Crippen LogP) is 3.13. The first-order valence-corrected chi connectivity index (χ1v) is 9.82. The SMILES string of the molecule is CC(=O)N(c1ccccc1)c1nc(/C=C/C(=O)NNC(=S)NC(C)(C)C)cs1. The number of benzene rings is 1. The van der Waals surface area contributed by atoms with E-state index in [2.05, 4.69) is 21.2 Å². The molecule has 148 valence electrons. The van der Waals surface area contributed by atoms with Crippen molar-refractivity contribution < 1.29 is 9.59 Å². The number of hydrogen-bond acceptors (Lipinski definition) is 5. The zero-order valence-corrected chi connectivity index (χ0v) is 17.8. The fraction of sp³-hybridized carbons (Fsp3) is 0.263. The van der Waals surface area contributed by atoms with Crippen molar-refractivity contribution in [3.8, 4) is 0 Å². The average Bonchev–Trinajstić information content (AvgIpc) is 3.06. The molecular formula is C19H23N5O2S2. The molecule has 2 aromatic rings. The van der Waals surface area contributed by atoms with Crippen molar-refractivity contribution in [2.45, 2.75) is 33.2 Å². The normalized spacial score (nSPS) is 11.1. The van der Waals surface area contributed by atoms with Crippen molar-refractivity contribution in [3.05, 3.63) is 47.5 Å². The van der Waals surface area contributed by atoms with Gasteiger partial charge in [0.1, 0.15) is 0 Å². The summed E-state index contributed by atoms with van der Waals surface area (Å²) in [5.41, 5.74) is 6.22. The summed E-state index contributed by atoms with van der Waals surface area (Å²) in [4.78, 5) is 29.9. The Morgan fingerprint density at radius 3 is 2.46 bits per heavy atom. The van der Waals surface area contributed by atoms with Crippen molar-refractivity contribution in [2.24, 2.45) is 0 Å². The first-order valence-electron chi connectivity index (χ1n) is 8.53. The number of rotatable bonds is 4. The third kappa shape index (κ3) is 6.75. The highest BCUT2D eigenvalue weighted by Gasteiger charge is 2.17. The topological polar surface area (TPSA) is 86.4 Å². The number of hydrazine groups is 1. The molecule has 2 rings (SSSR count). The van der Waals surface area contributed by atoms with Gasteiger partial charge in [0, 0.05) is 23.9 Å². The number of thiocarbonyl (C=S) groups is 1. The van der Waals surface area contributed by atoms with E-state index in [4.69, 9.17) is 12.2 Å². The summed E-state index contributed by atoms with van der Waals surface area (Å²) in [6, 6.07) is 9.27. The van der Waals surface area contributed by atoms with E-state index >= 15 is 0 Å². The molecule has 1 aromatic carbocycles. The second-order valence-electron chi connectivity index (χ2n) is 6.90. The Balaban J connectivity index is 1.99. The number of nitrogens with one attached hydrogen (secondary N) is 3. The molecule has 0 aliphatic carbocycles. The van der Waals surface area contributed by atoms with E-state index in [-0.39, 0.29) is 17.4 Å². The number of amides is 2. The minimum atomic E-state index is -0.376. The number of carbonyl (C=O) groups is 2. The maximum absolute atomic E-state index is 12.1. The van der Waals surface area contributed by atoms with E-state index in [9.17, 15) is 9.59 Å². The molecule has 0 unspecified atom stereocenters. The Bertz CT molecular complexity index is 872. The molecule has 0 spiro atoms. The third-order valence-electron chi connectivity index (χ3n) is 3.22. The minimum absolute atomic E-state index is 0.141. The maximum atomic E-state index is 12.1. The van der Waals surface area contributed by atoms with Crippen LogP contribution >= 0.6 is 23.6 Å². The lowest BCUT2D eigenvalue weighted by atomic mass is 10.1. The fourth-order valence-corrected chi connectivity index (χ4v) is 3.36. The molecule has 0 fully saturated rings. The molecule has 1 aromatic heterocycles. The zero-order chi connectivity index (χ0) is 20.7. The van der Waals surface area contributed by atoms with Crippen LogP contribution in [0.25, 0.3) is 6.08 Å². The Labute approximate surface area is 173 Å². The molecule has 0 saturated heterocycles. The molecule has 28 heavy (non-hydrogen) atoms. The van der Waals surface area contributed by atoms with E-state index in [0.29, 0.717) is 15.9 Å². The van der Waals surface area contributed by atoms with Crippen LogP contribution in [0, 0.1) is 0 Å². The van der Waals surface area contributed by atoms with Crippen LogP contribution in [0.2, 0.25) is 0 Å². The van der Waals surface area contributed by atoms with Gasteiger partial charge >= 0.3 is 0 Å². The van der Waals surface area contributed by atoms with Gasteiger partial charge in [-0.15, -0.1) is 11.3 Å². The van der Waals surface area contributed by atoms with E-state index in [1.165, 1.54) is 29.2 Å². The average molecular weight is 418 g/mol. The second kappa shape index (κ2) is 9.43. The molecule has 7 nitrogen and oxygen atoms in total. The molecule has 0 radical (unpaired) electrons. The summed E-state index contributed by atoms with van der Waals surface area (Å²) in [7, 11) is 0. The highest BCUT2D eigenvalue weighted by atomic mass is 32.1. The van der Waals surface area contributed by atoms with Crippen molar-refractivity contribution in [3.63, 3.8) is 0 Å². The Morgan fingerprint density at radius 2 is 1.86 bits per heavy atom. The van der Waals surface area contributed by atoms with Gasteiger partial charge in [0.25, 0.3) is 5.91 Å². The number of anilines is 2. The number of carbonyl (C=O) groups excluding carboxylic acids is 2. The summed E-state index contributed by atoms with van der Waals surface area (Å²) in [5, 5.41) is 5.66. The maximum Gasteiger partial charge on any atom is 0.262 e. The number of hydrogen-bond donors (Lipinski definition) is 3. The van der Waals surface area contributed by atoms with E-state index < -0.39 is 0 Å². The molecule has 0 aliphatic rings. The standard InChI is InChI=1S/C19H23N5O2S2/c1-13(25)24(15-8-6-5-7-9-15)18-20-14(12-28-18)10-11-16(26)22-23-17(27)21-19(2,3)4/h5-12H,1-4H3,(H,22,26)(H2,21,23,27)/b11-10+. The smallest absolute Gasteiger partial charge is 0.262 e. The van der Waals surface area contributed by atoms with Gasteiger partial charge in [0.15, 0.2) is 10.2 Å². The van der Waals surface area contributed by atoms with Gasteiger partial charge in [-0.25, -0.2) is 4.98 Å². The number of aromatic nitrogens is 1. The molecule has 0 aliphatic heterocycles. The quantitative estimate of drug-likeness (QED) is 0.403. The first-order chi connectivity index (χ1) is 13.2. The van der Waals surface area contributed by atoms with Gasteiger partial charge < -0.3 is 5.32 Å². The molecular weight excluding hydrogens is 394 g/mol. The molecule has 0 atom stereocenters. The van der Waals surface area contributed by atoms with Crippen LogP contribution in [-0.4, -0.2) is 27.4 Å². The van der Waals surface area contributed by atoms with Crippen LogP contribution in [0.1, 0.15) is 33.4 Å². The molecule has 9 heteroatoms. The number of para-hydroxylation sites is 1. The summed E-state index contributed by atoms with van der Waals surface area (Å²) >= 11 is 6.41. The lowest BCUT2D eigenvalue weighted by Gasteiger charge is -2.22. The van der Waals surface area contributed by atoms with E-state index in [0.717, 1.165) is 5.69 Å². The van der Waals surface area contributed by atoms with Crippen LogP contribution in [0.5, 0.6) is 0 Å². The van der Waals surface area contributed by atoms with Crippen molar-refractivity contribution in [1.82, 2.24) is 21.2 Å². The minimum Gasteiger partial charge on any atom is -0.357 e. The van der Waals surface area contributed by atoms with E-state index in [1.807, 2.05) is 51.1 Å². The van der Waals surface area contributed by atoms with Crippen molar-refractivity contribution >= 4 is 57.4 Å². The van der Waals surface area contributed by atoms with E-state index in [1.54, 1.807) is 11.5 Å². The molecule has 0 bridgehead atoms. The predicted molar refractivity (Wildman–Crippen MR) is 117 cm³/mol. The van der Waals surface area contributed by atoms with Gasteiger partial charge in [-0.2, -0.15) is 0 Å². The van der Waals surface area contributed by atoms with Gasteiger partial charge in [0.2, 0.25) is 5.91 Å². The highest BCUT2D eigenvalue weighted by molar-refractivity contribution is 7.80. The number of thiazole rings is 1. The summed E-state index contributed by atoms with van der Waals surface area (Å²) in [6.07, 6.45) is 2.91. The van der Waals surface area contributed by atoms with Gasteiger partial charge in [-0.1, -0.05) is 18.2 Å². The van der Waals surface area contributed by atoms with Gasteiger partial charge in [-0.05, 0) is 51.2 Å². The molecule has 1 heterocycles. The summed E-state index contributed by atoms with van der Waals surface area (Å²) < 4.78 is 0.